The first-order valence-electron chi connectivity index (χ1n) is 8.99. The molecular formula is C20H21N3O5S. The van der Waals surface area contributed by atoms with Gasteiger partial charge < -0.3 is 5.32 Å². The number of nitrogens with zero attached hydrogens (tertiary/aromatic N) is 2. The molecule has 0 atom stereocenters. The van der Waals surface area contributed by atoms with Crippen molar-refractivity contribution in [1.82, 2.24) is 10.0 Å². The van der Waals surface area contributed by atoms with E-state index in [2.05, 4.69) is 5.32 Å². The van der Waals surface area contributed by atoms with Crippen LogP contribution in [0.1, 0.15) is 34.1 Å². The van der Waals surface area contributed by atoms with Gasteiger partial charge in [-0.3, -0.25) is 14.4 Å². The Morgan fingerprint density at radius 2 is 1.59 bits per heavy atom. The summed E-state index contributed by atoms with van der Waals surface area (Å²) < 4.78 is 24.1. The van der Waals surface area contributed by atoms with Crippen LogP contribution in [-0.4, -0.2) is 55.5 Å². The van der Waals surface area contributed by atoms with E-state index in [1.165, 1.54) is 35.1 Å². The van der Waals surface area contributed by atoms with Gasteiger partial charge in [-0.2, -0.15) is 0 Å². The molecule has 2 aromatic carbocycles. The van der Waals surface area contributed by atoms with E-state index in [4.69, 9.17) is 0 Å². The zero-order chi connectivity index (χ0) is 21.2. The maximum Gasteiger partial charge on any atom is 0.273 e. The van der Waals surface area contributed by atoms with Crippen LogP contribution in [0.3, 0.4) is 0 Å². The number of amides is 3. The van der Waals surface area contributed by atoms with Crippen LogP contribution < -0.4 is 5.32 Å². The van der Waals surface area contributed by atoms with Gasteiger partial charge in [0.1, 0.15) is 0 Å². The molecule has 9 heteroatoms. The van der Waals surface area contributed by atoms with E-state index >= 15 is 0 Å². The molecule has 0 radical (unpaired) electrons. The summed E-state index contributed by atoms with van der Waals surface area (Å²) in [6.07, 6.45) is 1.61. The predicted octanol–water partition coefficient (Wildman–Crippen LogP) is 1.95. The monoisotopic (exact) mass is 415 g/mol. The molecule has 0 spiro atoms. The molecule has 0 saturated carbocycles. The Bertz CT molecular complexity index is 1080. The lowest BCUT2D eigenvalue weighted by molar-refractivity contribution is -0.114. The lowest BCUT2D eigenvalue weighted by Crippen LogP contribution is -2.45. The van der Waals surface area contributed by atoms with Crippen molar-refractivity contribution >= 4 is 33.2 Å². The van der Waals surface area contributed by atoms with E-state index in [0.29, 0.717) is 30.8 Å². The number of hydrogen-bond donors (Lipinski definition) is 1. The van der Waals surface area contributed by atoms with E-state index in [1.54, 1.807) is 30.3 Å². The average Bonchev–Trinajstić information content (AvgIpc) is 3.15. The zero-order valence-electron chi connectivity index (χ0n) is 16.1. The molecule has 1 aliphatic rings. The van der Waals surface area contributed by atoms with Crippen molar-refractivity contribution in [2.45, 2.75) is 18.2 Å². The molecule has 0 bridgehead atoms. The molecule has 152 valence electrons. The molecule has 0 aliphatic carbocycles. The normalized spacial score (nSPS) is 14.0. The third-order valence-corrected chi connectivity index (χ3v) is 5.60. The number of sulfone groups is 1. The number of nitrogens with one attached hydrogen (secondary N) is 1. The summed E-state index contributed by atoms with van der Waals surface area (Å²) in [5.41, 5.74) is 0.817. The standard InChI is InChI=1S/C20H21N3O5S/c1-14(24)21-16-8-5-7-15(13-16)19(25)22-11-6-12-23(22)20(26)17-9-3-4-10-18(17)29(2,27)28/h3-5,7-10,13H,6,11-12H2,1-2H3,(H,21,24). The fraction of sp³-hybridized carbons (Fsp3) is 0.250. The summed E-state index contributed by atoms with van der Waals surface area (Å²) >= 11 is 0. The van der Waals surface area contributed by atoms with Crippen molar-refractivity contribution in [3.05, 3.63) is 59.7 Å². The lowest BCUT2D eigenvalue weighted by Gasteiger charge is -2.28. The van der Waals surface area contributed by atoms with Crippen LogP contribution >= 0.6 is 0 Å². The quantitative estimate of drug-likeness (QED) is 0.822. The van der Waals surface area contributed by atoms with E-state index < -0.39 is 21.7 Å². The van der Waals surface area contributed by atoms with Crippen molar-refractivity contribution in [2.75, 3.05) is 24.7 Å². The van der Waals surface area contributed by atoms with Crippen LogP contribution in [0.2, 0.25) is 0 Å². The molecule has 29 heavy (non-hydrogen) atoms. The highest BCUT2D eigenvalue weighted by atomic mass is 32.2. The summed E-state index contributed by atoms with van der Waals surface area (Å²) in [5.74, 6) is -1.21. The highest BCUT2D eigenvalue weighted by Gasteiger charge is 2.33. The number of hydrogen-bond acceptors (Lipinski definition) is 5. The van der Waals surface area contributed by atoms with Gasteiger partial charge in [0.2, 0.25) is 5.91 Å². The van der Waals surface area contributed by atoms with Gasteiger partial charge in [-0.15, -0.1) is 0 Å². The highest BCUT2D eigenvalue weighted by molar-refractivity contribution is 7.90. The average molecular weight is 415 g/mol. The summed E-state index contributed by atoms with van der Waals surface area (Å²) in [7, 11) is -3.61. The van der Waals surface area contributed by atoms with Crippen LogP contribution in [0.5, 0.6) is 0 Å². The molecule has 1 saturated heterocycles. The number of carbonyl (C=O) groups is 3. The minimum absolute atomic E-state index is 0.0293. The number of rotatable bonds is 4. The molecule has 0 aromatic heterocycles. The van der Waals surface area contributed by atoms with Gasteiger partial charge in [-0.1, -0.05) is 18.2 Å². The van der Waals surface area contributed by atoms with Gasteiger partial charge in [0.05, 0.1) is 10.5 Å². The van der Waals surface area contributed by atoms with Crippen molar-refractivity contribution in [2.24, 2.45) is 0 Å². The van der Waals surface area contributed by atoms with E-state index in [9.17, 15) is 22.8 Å². The maximum absolute atomic E-state index is 13.1. The van der Waals surface area contributed by atoms with Crippen LogP contribution in [0, 0.1) is 0 Å². The fourth-order valence-corrected chi connectivity index (χ4v) is 4.10. The Morgan fingerprint density at radius 1 is 0.931 bits per heavy atom. The molecule has 1 fully saturated rings. The Kier molecular flexibility index (Phi) is 5.69. The molecule has 1 heterocycles. The molecule has 0 unspecified atom stereocenters. The molecule has 3 amide bonds. The maximum atomic E-state index is 13.1. The van der Waals surface area contributed by atoms with E-state index in [1.807, 2.05) is 0 Å². The predicted molar refractivity (Wildman–Crippen MR) is 107 cm³/mol. The Balaban J connectivity index is 1.90. The third-order valence-electron chi connectivity index (χ3n) is 4.45. The second-order valence-electron chi connectivity index (χ2n) is 6.74. The van der Waals surface area contributed by atoms with Gasteiger partial charge in [0.15, 0.2) is 9.84 Å². The fourth-order valence-electron chi connectivity index (χ4n) is 3.22. The van der Waals surface area contributed by atoms with Crippen LogP contribution in [0.15, 0.2) is 53.4 Å². The number of carbonyl (C=O) groups excluding carboxylic acids is 3. The molecule has 8 nitrogen and oxygen atoms in total. The zero-order valence-corrected chi connectivity index (χ0v) is 16.9. The summed E-state index contributed by atoms with van der Waals surface area (Å²) in [6, 6.07) is 12.4. The van der Waals surface area contributed by atoms with Crippen LogP contribution in [0.4, 0.5) is 5.69 Å². The van der Waals surface area contributed by atoms with E-state index in [0.717, 1.165) is 6.26 Å². The minimum atomic E-state index is -3.61. The molecule has 3 rings (SSSR count). The molecule has 1 aliphatic heterocycles. The lowest BCUT2D eigenvalue weighted by atomic mass is 10.2. The van der Waals surface area contributed by atoms with Gasteiger partial charge in [0.25, 0.3) is 11.8 Å². The van der Waals surface area contributed by atoms with Crippen molar-refractivity contribution in [3.63, 3.8) is 0 Å². The number of anilines is 1. The van der Waals surface area contributed by atoms with Gasteiger partial charge in [0, 0.05) is 37.5 Å². The highest BCUT2D eigenvalue weighted by Crippen LogP contribution is 2.23. The molecule has 1 N–H and O–H groups in total. The van der Waals surface area contributed by atoms with Crippen molar-refractivity contribution in [3.8, 4) is 0 Å². The van der Waals surface area contributed by atoms with Crippen LogP contribution in [-0.2, 0) is 14.6 Å². The van der Waals surface area contributed by atoms with Crippen LogP contribution in [0.25, 0.3) is 0 Å². The summed E-state index contributed by atoms with van der Waals surface area (Å²) in [5, 5.41) is 5.21. The first kappa shape index (κ1) is 20.5. The Hall–Kier alpha value is -3.20. The largest absolute Gasteiger partial charge is 0.326 e. The van der Waals surface area contributed by atoms with Gasteiger partial charge in [-0.05, 0) is 36.8 Å². The topological polar surface area (TPSA) is 104 Å². The molecular weight excluding hydrogens is 394 g/mol. The first-order chi connectivity index (χ1) is 13.7. The van der Waals surface area contributed by atoms with Crippen molar-refractivity contribution < 1.29 is 22.8 Å². The smallest absolute Gasteiger partial charge is 0.273 e. The summed E-state index contributed by atoms with van der Waals surface area (Å²) in [6.45, 7) is 2.00. The van der Waals surface area contributed by atoms with Crippen molar-refractivity contribution in [1.29, 1.82) is 0 Å². The third kappa shape index (κ3) is 4.45. The van der Waals surface area contributed by atoms with Gasteiger partial charge in [-0.25, -0.2) is 18.4 Å². The Labute approximate surface area is 169 Å². The molecule has 2 aromatic rings. The number of benzene rings is 2. The second-order valence-corrected chi connectivity index (χ2v) is 8.72. The SMILES string of the molecule is CC(=O)Nc1cccc(C(=O)N2CCCN2C(=O)c2ccccc2S(C)(=O)=O)c1. The van der Waals surface area contributed by atoms with Gasteiger partial charge >= 0.3 is 0 Å². The Morgan fingerprint density at radius 3 is 2.24 bits per heavy atom. The number of hydrazine groups is 1. The first-order valence-corrected chi connectivity index (χ1v) is 10.9. The second kappa shape index (κ2) is 8.04. The van der Waals surface area contributed by atoms with E-state index in [-0.39, 0.29) is 16.4 Å². The minimum Gasteiger partial charge on any atom is -0.326 e. The summed E-state index contributed by atoms with van der Waals surface area (Å²) in [4.78, 5) is 37.3.